The summed E-state index contributed by atoms with van der Waals surface area (Å²) in [6.07, 6.45) is 6.13. The molecule has 0 unspecified atom stereocenters. The number of nitrogens with zero attached hydrogens (tertiary/aromatic N) is 1. The molecule has 0 N–H and O–H groups in total. The van der Waals surface area contributed by atoms with Crippen LogP contribution in [0.15, 0.2) is 6.07 Å². The summed E-state index contributed by atoms with van der Waals surface area (Å²) in [4.78, 5) is 12.1. The lowest BCUT2D eigenvalue weighted by Crippen LogP contribution is -2.17. The van der Waals surface area contributed by atoms with Gasteiger partial charge in [-0.15, -0.1) is 0 Å². The lowest BCUT2D eigenvalue weighted by atomic mass is 9.94. The van der Waals surface area contributed by atoms with Gasteiger partial charge in [0.15, 0.2) is 5.78 Å². The minimum atomic E-state index is 0.125. The van der Waals surface area contributed by atoms with E-state index in [9.17, 15) is 4.79 Å². The van der Waals surface area contributed by atoms with Gasteiger partial charge in [-0.3, -0.25) is 4.79 Å². The Hall–Kier alpha value is -1.05. The van der Waals surface area contributed by atoms with E-state index < -0.39 is 0 Å². The zero-order valence-electron chi connectivity index (χ0n) is 10.1. The molecule has 0 aliphatic carbocycles. The third kappa shape index (κ3) is 1.28. The first-order valence-electron chi connectivity index (χ1n) is 6.45. The van der Waals surface area contributed by atoms with Crippen LogP contribution in [0.3, 0.4) is 0 Å². The number of Topliss-reactive ketones (excluding diaryl/α,β-unsaturated/α-hetero) is 1. The second kappa shape index (κ2) is 3.47. The maximum absolute atomic E-state index is 12.1. The lowest BCUT2D eigenvalue weighted by molar-refractivity contribution is 0.0937. The first-order chi connectivity index (χ1) is 7.68. The summed E-state index contributed by atoms with van der Waals surface area (Å²) in [5.41, 5.74) is 3.76. The zero-order valence-corrected chi connectivity index (χ0v) is 10.1. The molecule has 2 aliphatic heterocycles. The van der Waals surface area contributed by atoms with Gasteiger partial charge < -0.3 is 4.57 Å². The first kappa shape index (κ1) is 10.1. The highest BCUT2D eigenvalue weighted by Gasteiger charge is 2.31. The zero-order chi connectivity index (χ0) is 11.3. The van der Waals surface area contributed by atoms with Crippen LogP contribution in [0.5, 0.6) is 0 Å². The molecule has 0 amide bonds. The minimum Gasteiger partial charge on any atom is -0.345 e. The molecule has 0 radical (unpaired) electrons. The average Bonchev–Trinajstić information content (AvgIpc) is 2.84. The number of aromatic nitrogens is 1. The molecule has 2 heteroatoms. The summed E-state index contributed by atoms with van der Waals surface area (Å²) >= 11 is 0. The highest BCUT2D eigenvalue weighted by molar-refractivity contribution is 5.99. The second-order valence-corrected chi connectivity index (χ2v) is 5.47. The van der Waals surface area contributed by atoms with Gasteiger partial charge in [-0.2, -0.15) is 0 Å². The SMILES string of the molecule is CC(C)C(=O)c1cc2n3c1CCC[C@@H]3CC2. The van der Waals surface area contributed by atoms with E-state index in [0.717, 1.165) is 12.0 Å². The molecule has 1 atom stereocenters. The third-order valence-electron chi connectivity index (χ3n) is 4.06. The average molecular weight is 217 g/mol. The highest BCUT2D eigenvalue weighted by atomic mass is 16.1. The molecule has 1 aromatic heterocycles. The Kier molecular flexibility index (Phi) is 2.20. The Morgan fingerprint density at radius 3 is 2.94 bits per heavy atom. The summed E-state index contributed by atoms with van der Waals surface area (Å²) in [5, 5.41) is 0. The summed E-state index contributed by atoms with van der Waals surface area (Å²) < 4.78 is 2.47. The lowest BCUT2D eigenvalue weighted by Gasteiger charge is -2.23. The van der Waals surface area contributed by atoms with Crippen LogP contribution in [0.4, 0.5) is 0 Å². The van der Waals surface area contributed by atoms with Crippen LogP contribution in [-0.2, 0) is 12.8 Å². The molecule has 0 fully saturated rings. The van der Waals surface area contributed by atoms with Crippen molar-refractivity contribution in [2.75, 3.05) is 0 Å². The minimum absolute atomic E-state index is 0.125. The monoisotopic (exact) mass is 217 g/mol. The molecule has 0 bridgehead atoms. The molecular formula is C14H19NO. The van der Waals surface area contributed by atoms with Gasteiger partial charge in [0.2, 0.25) is 0 Å². The van der Waals surface area contributed by atoms with Crippen molar-refractivity contribution in [3.63, 3.8) is 0 Å². The van der Waals surface area contributed by atoms with E-state index in [1.807, 2.05) is 13.8 Å². The molecule has 16 heavy (non-hydrogen) atoms. The molecule has 0 saturated heterocycles. The number of aryl methyl sites for hydroxylation is 1. The van der Waals surface area contributed by atoms with Crippen LogP contribution in [0.25, 0.3) is 0 Å². The van der Waals surface area contributed by atoms with Crippen LogP contribution in [-0.4, -0.2) is 10.4 Å². The van der Waals surface area contributed by atoms with Gasteiger partial charge in [-0.25, -0.2) is 0 Å². The normalized spacial score (nSPS) is 22.6. The fourth-order valence-corrected chi connectivity index (χ4v) is 3.27. The predicted molar refractivity (Wildman–Crippen MR) is 63.9 cm³/mol. The fourth-order valence-electron chi connectivity index (χ4n) is 3.27. The van der Waals surface area contributed by atoms with Crippen LogP contribution in [0.1, 0.15) is 60.9 Å². The van der Waals surface area contributed by atoms with Gasteiger partial charge >= 0.3 is 0 Å². The standard InChI is InChI=1S/C14H19NO/c1-9(2)14(16)12-8-11-7-6-10-4-3-5-13(12)15(10)11/h8-10H,3-7H2,1-2H3/t10-/m1/s1. The van der Waals surface area contributed by atoms with Crippen molar-refractivity contribution >= 4 is 5.78 Å². The largest absolute Gasteiger partial charge is 0.345 e. The second-order valence-electron chi connectivity index (χ2n) is 5.47. The highest BCUT2D eigenvalue weighted by Crippen LogP contribution is 2.39. The fraction of sp³-hybridized carbons (Fsp3) is 0.643. The summed E-state index contributed by atoms with van der Waals surface area (Å²) in [6.45, 7) is 4.00. The summed E-state index contributed by atoms with van der Waals surface area (Å²) in [7, 11) is 0. The molecule has 1 aromatic rings. The van der Waals surface area contributed by atoms with Crippen LogP contribution in [0, 0.1) is 5.92 Å². The number of ketones is 1. The quantitative estimate of drug-likeness (QED) is 0.697. The van der Waals surface area contributed by atoms with Crippen molar-refractivity contribution in [3.8, 4) is 0 Å². The Bertz CT molecular complexity index is 442. The summed E-state index contributed by atoms with van der Waals surface area (Å²) in [6, 6.07) is 2.87. The van der Waals surface area contributed by atoms with Gasteiger partial charge in [0, 0.05) is 28.9 Å². The molecule has 0 spiro atoms. The number of rotatable bonds is 2. The van der Waals surface area contributed by atoms with Gasteiger partial charge in [-0.1, -0.05) is 13.8 Å². The molecule has 2 aliphatic rings. The van der Waals surface area contributed by atoms with E-state index in [1.165, 1.54) is 37.1 Å². The van der Waals surface area contributed by atoms with Crippen molar-refractivity contribution in [1.82, 2.24) is 4.57 Å². The molecular weight excluding hydrogens is 198 g/mol. The molecule has 3 rings (SSSR count). The van der Waals surface area contributed by atoms with Gasteiger partial charge in [0.25, 0.3) is 0 Å². The van der Waals surface area contributed by atoms with Gasteiger partial charge in [-0.05, 0) is 38.2 Å². The smallest absolute Gasteiger partial charge is 0.167 e. The Labute approximate surface area is 96.6 Å². The predicted octanol–water partition coefficient (Wildman–Crippen LogP) is 3.15. The van der Waals surface area contributed by atoms with Crippen LogP contribution < -0.4 is 0 Å². The van der Waals surface area contributed by atoms with E-state index in [2.05, 4.69) is 10.6 Å². The van der Waals surface area contributed by atoms with Gasteiger partial charge in [0.1, 0.15) is 0 Å². The number of carbonyl (C=O) groups excluding carboxylic acids is 1. The Morgan fingerprint density at radius 2 is 2.19 bits per heavy atom. The van der Waals surface area contributed by atoms with E-state index in [1.54, 1.807) is 0 Å². The van der Waals surface area contributed by atoms with E-state index in [0.29, 0.717) is 11.8 Å². The third-order valence-corrected chi connectivity index (χ3v) is 4.06. The summed E-state index contributed by atoms with van der Waals surface area (Å²) in [5.74, 6) is 0.456. The van der Waals surface area contributed by atoms with E-state index >= 15 is 0 Å². The van der Waals surface area contributed by atoms with Crippen LogP contribution in [0.2, 0.25) is 0 Å². The Morgan fingerprint density at radius 1 is 1.38 bits per heavy atom. The molecule has 0 aromatic carbocycles. The maximum atomic E-state index is 12.1. The maximum Gasteiger partial charge on any atom is 0.167 e. The van der Waals surface area contributed by atoms with E-state index in [4.69, 9.17) is 0 Å². The van der Waals surface area contributed by atoms with Crippen molar-refractivity contribution in [2.45, 2.75) is 52.0 Å². The van der Waals surface area contributed by atoms with Crippen molar-refractivity contribution in [3.05, 3.63) is 23.0 Å². The number of carbonyl (C=O) groups is 1. The van der Waals surface area contributed by atoms with Gasteiger partial charge in [0.05, 0.1) is 0 Å². The number of hydrogen-bond donors (Lipinski definition) is 0. The Balaban J connectivity index is 2.09. The molecule has 0 saturated carbocycles. The van der Waals surface area contributed by atoms with Crippen molar-refractivity contribution in [2.24, 2.45) is 5.92 Å². The van der Waals surface area contributed by atoms with Crippen molar-refractivity contribution < 1.29 is 4.79 Å². The van der Waals surface area contributed by atoms with Crippen LogP contribution >= 0.6 is 0 Å². The number of hydrogen-bond acceptors (Lipinski definition) is 1. The first-order valence-corrected chi connectivity index (χ1v) is 6.45. The molecule has 3 heterocycles. The molecule has 2 nitrogen and oxygen atoms in total. The van der Waals surface area contributed by atoms with Crippen molar-refractivity contribution in [1.29, 1.82) is 0 Å². The van der Waals surface area contributed by atoms with E-state index in [-0.39, 0.29) is 5.92 Å². The topological polar surface area (TPSA) is 22.0 Å². The molecule has 86 valence electrons.